The van der Waals surface area contributed by atoms with Crippen LogP contribution < -0.4 is 21.7 Å². The van der Waals surface area contributed by atoms with Gasteiger partial charge >= 0.3 is 13.6 Å². The van der Waals surface area contributed by atoms with E-state index in [0.29, 0.717) is 6.04 Å². The number of amides is 2. The molecule has 2 amide bonds. The molecule has 3 heterocycles. The Balaban J connectivity index is -0.0000000901. The number of nitrogens with one attached hydrogen (secondary N) is 3. The van der Waals surface area contributed by atoms with Gasteiger partial charge < -0.3 is 71.5 Å². The summed E-state index contributed by atoms with van der Waals surface area (Å²) in [5, 5.41) is 46.7. The molecule has 3 fully saturated rings. The van der Waals surface area contributed by atoms with E-state index in [0.717, 1.165) is 58.5 Å². The minimum absolute atomic E-state index is 0. The van der Waals surface area contributed by atoms with E-state index in [2.05, 4.69) is 36.1 Å². The van der Waals surface area contributed by atoms with Crippen molar-refractivity contribution >= 4 is 29.2 Å². The summed E-state index contributed by atoms with van der Waals surface area (Å²) in [6.07, 6.45) is 2.33. The molecule has 0 saturated carbocycles. The predicted octanol–water partition coefficient (Wildman–Crippen LogP) is 6.97. The zero-order valence-electron chi connectivity index (χ0n) is 36.4. The zero-order valence-corrected chi connectivity index (χ0v) is 43.9. The number of nitro benzene ring substituents is 3. The quantitative estimate of drug-likeness (QED) is 0.115. The average molecular weight is 1070 g/mol. The minimum atomic E-state index is -0.417. The molecule has 0 bridgehead atoms. The number of methoxy groups -OCH3 is 2. The van der Waals surface area contributed by atoms with Crippen LogP contribution in [0.3, 0.4) is 0 Å². The maximum Gasteiger partial charge on any atom is 1.00 e. The number of para-hydroxylation sites is 3. The summed E-state index contributed by atoms with van der Waals surface area (Å²) in [7, 11) is 2.74. The molecule has 3 unspecified atom stereocenters. The molecule has 3 aromatic rings. The normalized spacial score (nSPS) is 15.6. The minimum Gasteiger partial charge on any atom is -0.661 e. The Morgan fingerprint density at radius 3 is 1.20 bits per heavy atom. The van der Waals surface area contributed by atoms with Gasteiger partial charge in [0.05, 0.1) is 29.0 Å². The molecule has 0 spiro atoms. The van der Waals surface area contributed by atoms with Crippen LogP contribution in [-0.4, -0.2) is 98.6 Å². The maximum atomic E-state index is 10.6. The van der Waals surface area contributed by atoms with Crippen LogP contribution >= 0.6 is 0 Å². The molecule has 5 N–H and O–H groups in total. The summed E-state index contributed by atoms with van der Waals surface area (Å²) in [5.41, 5.74) is 5.85. The van der Waals surface area contributed by atoms with Crippen molar-refractivity contribution in [3.05, 3.63) is 162 Å². The summed E-state index contributed by atoms with van der Waals surface area (Å²) in [5.74, 6) is 0. The second-order valence-corrected chi connectivity index (χ2v) is 11.0. The van der Waals surface area contributed by atoms with Crippen molar-refractivity contribution in [2.45, 2.75) is 37.4 Å². The molecule has 0 aromatic heterocycles. The molecular formula is C38H60N9O10Y3-5. The van der Waals surface area contributed by atoms with E-state index < -0.39 is 14.8 Å². The third kappa shape index (κ3) is 37.3. The molecular weight excluding hydrogens is 1010 g/mol. The second-order valence-electron chi connectivity index (χ2n) is 11.0. The van der Waals surface area contributed by atoms with Gasteiger partial charge in [0.15, 0.2) is 0 Å². The van der Waals surface area contributed by atoms with Crippen LogP contribution in [-0.2, 0) is 108 Å². The number of carbonyl (C=O) groups is 2. The molecule has 19 nitrogen and oxygen atoms in total. The van der Waals surface area contributed by atoms with E-state index in [-0.39, 0.29) is 171 Å². The largest absolute Gasteiger partial charge is 1.00 e. The Kier molecular flexibility index (Phi) is 55.3. The van der Waals surface area contributed by atoms with E-state index in [9.17, 15) is 39.9 Å². The van der Waals surface area contributed by atoms with Gasteiger partial charge in [-0.2, -0.15) is 0 Å². The SMILES string of the molecule is COC(=O)NC1CCNC1.COC(=O)NC1CC[N-]C1.NC1CC[N-]C1.O=[N+]([O-])c1ccccc1.O=[N+]([O-])c1ccccc1.O=[N+]([O-])c1ccccc1.[CH3-].[CH3-].[CH3-].[CH3-].[H+].[Y].[Y].[Y]. The molecule has 331 valence electrons. The Labute approximate surface area is 432 Å². The molecule has 3 aromatic carbocycles. The maximum absolute atomic E-state index is 10.6. The van der Waals surface area contributed by atoms with Crippen LogP contribution in [0.15, 0.2) is 91.0 Å². The Bertz CT molecular complexity index is 1340. The first-order valence-electron chi connectivity index (χ1n) is 16.5. The summed E-state index contributed by atoms with van der Waals surface area (Å²) < 4.78 is 8.85. The Morgan fingerprint density at radius 2 is 0.983 bits per heavy atom. The summed E-state index contributed by atoms with van der Waals surface area (Å²) in [6, 6.07) is 24.6. The third-order valence-corrected chi connectivity index (χ3v) is 6.98. The molecule has 0 aliphatic carbocycles. The van der Waals surface area contributed by atoms with Crippen LogP contribution in [0.1, 0.15) is 20.7 Å². The van der Waals surface area contributed by atoms with Gasteiger partial charge in [0.25, 0.3) is 17.1 Å². The van der Waals surface area contributed by atoms with Gasteiger partial charge in [0.2, 0.25) is 0 Å². The van der Waals surface area contributed by atoms with Crippen LogP contribution in [0.2, 0.25) is 0 Å². The topological polar surface area (TPSA) is 272 Å². The standard InChI is InChI=1S/C6H12N2O2.C6H11N2O2.3C6H5NO2.C4H9N2.4CH3.3Y/c2*1-10-6(9)8-5-2-3-7-4-5;3*8-7(9)6-4-2-1-3-5-6;5-4-1-2-6-3-4;;;;;;;/h5,7H,2-4H2,1H3,(H,8,9);5H,2-4H2,1H3,(H,8,9);3*1-5H;4H,1-3,5H2;4*1H3;;;/q;-1;;;;5*-1;;;/p+1. The van der Waals surface area contributed by atoms with Crippen molar-refractivity contribution in [1.82, 2.24) is 16.0 Å². The first-order valence-corrected chi connectivity index (χ1v) is 16.5. The van der Waals surface area contributed by atoms with Gasteiger partial charge in [0.1, 0.15) is 0 Å². The number of ether oxygens (including phenoxy) is 2. The van der Waals surface area contributed by atoms with Crippen LogP contribution in [0.25, 0.3) is 10.6 Å². The number of carbonyl (C=O) groups excluding carboxylic acids is 2. The number of alkyl carbamates (subject to hydrolysis) is 2. The predicted molar refractivity (Wildman–Crippen MR) is 226 cm³/mol. The van der Waals surface area contributed by atoms with Crippen molar-refractivity contribution in [3.8, 4) is 0 Å². The van der Waals surface area contributed by atoms with E-state index in [1.165, 1.54) is 50.6 Å². The molecule has 3 saturated heterocycles. The van der Waals surface area contributed by atoms with Gasteiger partial charge in [-0.25, -0.2) is 9.59 Å². The zero-order chi connectivity index (χ0) is 39.3. The number of rotatable bonds is 5. The number of nitro groups is 3. The molecule has 22 heteroatoms. The number of nitrogens with two attached hydrogens (primary N) is 1. The van der Waals surface area contributed by atoms with Crippen molar-refractivity contribution in [2.75, 3.05) is 53.5 Å². The average Bonchev–Trinajstić information content (AvgIpc) is 4.00. The van der Waals surface area contributed by atoms with Gasteiger partial charge in [0, 0.05) is 153 Å². The Morgan fingerprint density at radius 1 is 0.633 bits per heavy atom. The second kappa shape index (κ2) is 46.1. The van der Waals surface area contributed by atoms with E-state index in [1.54, 1.807) is 54.6 Å². The first kappa shape index (κ1) is 72.0. The fraction of sp³-hybridized carbons (Fsp3) is 0.368. The number of hydrogen-bond acceptors (Lipinski definition) is 12. The molecule has 3 atom stereocenters. The molecule has 3 aliphatic heterocycles. The summed E-state index contributed by atoms with van der Waals surface area (Å²) in [4.78, 5) is 50.0. The summed E-state index contributed by atoms with van der Waals surface area (Å²) >= 11 is 0. The van der Waals surface area contributed by atoms with Crippen LogP contribution in [0.5, 0.6) is 0 Å². The van der Waals surface area contributed by atoms with Crippen molar-refractivity contribution in [1.29, 1.82) is 0 Å². The van der Waals surface area contributed by atoms with Crippen molar-refractivity contribution in [3.63, 3.8) is 0 Å². The van der Waals surface area contributed by atoms with Crippen LogP contribution in [0.4, 0.5) is 26.7 Å². The van der Waals surface area contributed by atoms with E-state index in [1.807, 2.05) is 0 Å². The number of nitrogens with zero attached hydrogens (tertiary/aromatic N) is 5. The van der Waals surface area contributed by atoms with Crippen LogP contribution in [0, 0.1) is 60.0 Å². The molecule has 3 radical (unpaired) electrons. The Hall–Kier alpha value is -2.45. The van der Waals surface area contributed by atoms with Crippen molar-refractivity contribution in [2.24, 2.45) is 5.73 Å². The van der Waals surface area contributed by atoms with Gasteiger partial charge in [-0.3, -0.25) is 30.3 Å². The fourth-order valence-corrected chi connectivity index (χ4v) is 4.19. The first-order chi connectivity index (χ1) is 25.5. The molecule has 60 heavy (non-hydrogen) atoms. The van der Waals surface area contributed by atoms with Gasteiger partial charge in [-0.1, -0.05) is 67.4 Å². The summed E-state index contributed by atoms with van der Waals surface area (Å²) in [6.45, 7) is 5.30. The van der Waals surface area contributed by atoms with Gasteiger partial charge in [-0.05, 0) is 19.0 Å². The van der Waals surface area contributed by atoms with E-state index >= 15 is 0 Å². The van der Waals surface area contributed by atoms with Gasteiger partial charge in [-0.15, -0.1) is 26.2 Å². The van der Waals surface area contributed by atoms with E-state index in [4.69, 9.17) is 5.73 Å². The molecule has 3 aliphatic rings. The number of benzene rings is 3. The van der Waals surface area contributed by atoms with Crippen molar-refractivity contribution < 1.29 is 133 Å². The third-order valence-electron chi connectivity index (χ3n) is 6.98. The number of non-ortho nitro benzene ring substituents is 3. The number of hydrogen-bond donors (Lipinski definition) is 4. The monoisotopic (exact) mass is 1070 g/mol. The fourth-order valence-electron chi connectivity index (χ4n) is 4.19. The molecule has 6 rings (SSSR count). The smallest absolute Gasteiger partial charge is 0.661 e.